The number of aliphatic imine (C=N–C) groups is 2. The van der Waals surface area contributed by atoms with Crippen molar-refractivity contribution in [3.05, 3.63) is 59.7 Å². The van der Waals surface area contributed by atoms with E-state index in [4.69, 9.17) is 9.98 Å². The van der Waals surface area contributed by atoms with Crippen molar-refractivity contribution in [1.29, 1.82) is 0 Å². The van der Waals surface area contributed by atoms with Gasteiger partial charge in [0.25, 0.3) is 0 Å². The summed E-state index contributed by atoms with van der Waals surface area (Å²) in [7, 11) is 0. The molecular formula is C38H54N4. The number of hydrogen-bond acceptors (Lipinski definition) is 4. The van der Waals surface area contributed by atoms with E-state index in [1.54, 1.807) is 0 Å². The molecule has 6 rings (SSSR count). The van der Waals surface area contributed by atoms with Gasteiger partial charge in [0.1, 0.15) is 0 Å². The van der Waals surface area contributed by atoms with E-state index in [0.29, 0.717) is 23.9 Å². The number of nitrogens with zero attached hydrogens (tertiary/aromatic N) is 4. The third kappa shape index (κ3) is 6.19. The van der Waals surface area contributed by atoms with E-state index in [0.717, 1.165) is 24.8 Å². The Hall–Kier alpha value is -2.62. The van der Waals surface area contributed by atoms with Crippen LogP contribution in [0.2, 0.25) is 0 Å². The van der Waals surface area contributed by atoms with Crippen molar-refractivity contribution in [3.8, 4) is 0 Å². The molecule has 2 atom stereocenters. The summed E-state index contributed by atoms with van der Waals surface area (Å²) in [5.74, 6) is 3.57. The van der Waals surface area contributed by atoms with Crippen LogP contribution in [0.5, 0.6) is 0 Å². The molecule has 4 nitrogen and oxygen atoms in total. The van der Waals surface area contributed by atoms with Gasteiger partial charge in [-0.2, -0.15) is 0 Å². The quantitative estimate of drug-likeness (QED) is 0.361. The Bertz CT molecular complexity index is 1200. The van der Waals surface area contributed by atoms with Gasteiger partial charge >= 0.3 is 0 Å². The Morgan fingerprint density at radius 1 is 0.548 bits per heavy atom. The third-order valence-electron chi connectivity index (χ3n) is 10.5. The van der Waals surface area contributed by atoms with Crippen molar-refractivity contribution in [2.75, 3.05) is 22.9 Å². The first-order valence-electron chi connectivity index (χ1n) is 17.0. The summed E-state index contributed by atoms with van der Waals surface area (Å²) in [6.07, 6.45) is 13.4. The lowest BCUT2D eigenvalue weighted by molar-refractivity contribution is 0.315. The topological polar surface area (TPSA) is 31.2 Å². The van der Waals surface area contributed by atoms with Crippen molar-refractivity contribution in [3.63, 3.8) is 0 Å². The van der Waals surface area contributed by atoms with Crippen LogP contribution < -0.4 is 9.80 Å². The molecule has 2 fully saturated rings. The Kier molecular flexibility index (Phi) is 8.28. The average molecular weight is 567 g/mol. The van der Waals surface area contributed by atoms with Gasteiger partial charge in [-0.1, -0.05) is 104 Å². The standard InChI is InChI=1S/C38H54N4/c1-37(2,3)29-19-13-21-31(23-29)41-25-33(27-15-9-7-10-16-27)39-35(41)36-40-34(28-17-11-8-12-18-28)26-42(36)32-22-14-20-30(24-32)38(4,5)6/h13-14,19-24,27-28,33-34H,7-12,15-18,25-26H2,1-6H3/t33-,34+. The van der Waals surface area contributed by atoms with Crippen molar-refractivity contribution in [1.82, 2.24) is 0 Å². The molecule has 0 unspecified atom stereocenters. The zero-order valence-electron chi connectivity index (χ0n) is 27.2. The zero-order chi connectivity index (χ0) is 29.5. The fourth-order valence-corrected chi connectivity index (χ4v) is 7.72. The van der Waals surface area contributed by atoms with Crippen LogP contribution in [-0.4, -0.2) is 36.8 Å². The molecule has 2 aliphatic carbocycles. The van der Waals surface area contributed by atoms with Gasteiger partial charge in [-0.25, -0.2) is 0 Å². The van der Waals surface area contributed by atoms with E-state index in [-0.39, 0.29) is 10.8 Å². The first-order chi connectivity index (χ1) is 20.1. The Morgan fingerprint density at radius 2 is 0.929 bits per heavy atom. The number of benzene rings is 2. The summed E-state index contributed by atoms with van der Waals surface area (Å²) in [5.41, 5.74) is 5.50. The highest BCUT2D eigenvalue weighted by Crippen LogP contribution is 2.38. The van der Waals surface area contributed by atoms with Gasteiger partial charge in [0.15, 0.2) is 11.7 Å². The van der Waals surface area contributed by atoms with Crippen LogP contribution in [-0.2, 0) is 10.8 Å². The molecule has 0 saturated heterocycles. The molecule has 0 spiro atoms. The van der Waals surface area contributed by atoms with Crippen molar-refractivity contribution < 1.29 is 0 Å². The van der Waals surface area contributed by atoms with Gasteiger partial charge in [-0.3, -0.25) is 9.98 Å². The molecule has 4 aliphatic rings. The molecule has 0 radical (unpaired) electrons. The highest BCUT2D eigenvalue weighted by Gasteiger charge is 2.41. The lowest BCUT2D eigenvalue weighted by Gasteiger charge is -2.30. The fraction of sp³-hybridized carbons (Fsp3) is 0.632. The van der Waals surface area contributed by atoms with E-state index < -0.39 is 0 Å². The molecule has 0 amide bonds. The maximum atomic E-state index is 5.64. The predicted molar refractivity (Wildman–Crippen MR) is 181 cm³/mol. The van der Waals surface area contributed by atoms with Gasteiger partial charge in [0.05, 0.1) is 12.1 Å². The van der Waals surface area contributed by atoms with Gasteiger partial charge in [0, 0.05) is 24.5 Å². The average Bonchev–Trinajstić information content (AvgIpc) is 3.63. The van der Waals surface area contributed by atoms with E-state index >= 15 is 0 Å². The largest absolute Gasteiger partial charge is 0.321 e. The molecule has 0 N–H and O–H groups in total. The highest BCUT2D eigenvalue weighted by atomic mass is 15.4. The minimum atomic E-state index is 0.103. The summed E-state index contributed by atoms with van der Waals surface area (Å²) in [6.45, 7) is 15.8. The van der Waals surface area contributed by atoms with Crippen LogP contribution in [0.4, 0.5) is 11.4 Å². The van der Waals surface area contributed by atoms with Gasteiger partial charge in [-0.05, 0) is 83.7 Å². The lowest BCUT2D eigenvalue weighted by Crippen LogP contribution is -2.43. The summed E-state index contributed by atoms with van der Waals surface area (Å²) < 4.78 is 0. The highest BCUT2D eigenvalue weighted by molar-refractivity contribution is 6.50. The van der Waals surface area contributed by atoms with Crippen molar-refractivity contribution in [2.24, 2.45) is 21.8 Å². The van der Waals surface area contributed by atoms with Crippen LogP contribution in [0.15, 0.2) is 58.5 Å². The molecule has 42 heavy (non-hydrogen) atoms. The fourth-order valence-electron chi connectivity index (χ4n) is 7.72. The summed E-state index contributed by atoms with van der Waals surface area (Å²) in [5, 5.41) is 0. The van der Waals surface area contributed by atoms with Crippen molar-refractivity contribution in [2.45, 2.75) is 129 Å². The predicted octanol–water partition coefficient (Wildman–Crippen LogP) is 9.32. The van der Waals surface area contributed by atoms with E-state index in [1.807, 2.05) is 0 Å². The van der Waals surface area contributed by atoms with E-state index in [1.165, 1.54) is 86.7 Å². The summed E-state index contributed by atoms with van der Waals surface area (Å²) in [4.78, 5) is 16.4. The second kappa shape index (κ2) is 11.8. The normalized spacial score (nSPS) is 24.7. The molecule has 2 aromatic rings. The number of anilines is 2. The molecule has 4 heteroatoms. The number of hydrogen-bond donors (Lipinski definition) is 0. The maximum Gasteiger partial charge on any atom is 0.172 e. The molecule has 226 valence electrons. The number of amidine groups is 2. The minimum Gasteiger partial charge on any atom is -0.321 e. The van der Waals surface area contributed by atoms with E-state index in [2.05, 4.69) is 99.9 Å². The lowest BCUT2D eigenvalue weighted by atomic mass is 9.84. The van der Waals surface area contributed by atoms with Crippen LogP contribution in [0, 0.1) is 11.8 Å². The zero-order valence-corrected chi connectivity index (χ0v) is 27.2. The SMILES string of the molecule is CC(C)(C)c1cccc(N2C[C@@H](C3CCCCC3)N=C2C2=N[C@@H](C3CCCCC3)CN2c2cccc(C(C)(C)C)c2)c1. The Balaban J connectivity index is 1.43. The molecule has 0 aromatic heterocycles. The molecule has 2 saturated carbocycles. The molecule has 0 bridgehead atoms. The van der Waals surface area contributed by atoms with Crippen molar-refractivity contribution >= 4 is 23.0 Å². The van der Waals surface area contributed by atoms with E-state index in [9.17, 15) is 0 Å². The van der Waals surface area contributed by atoms with Crippen LogP contribution in [0.25, 0.3) is 0 Å². The monoisotopic (exact) mass is 566 g/mol. The molecular weight excluding hydrogens is 512 g/mol. The second-order valence-corrected chi connectivity index (χ2v) is 15.7. The van der Waals surface area contributed by atoms with Crippen LogP contribution in [0.3, 0.4) is 0 Å². The molecule has 2 aliphatic heterocycles. The summed E-state index contributed by atoms with van der Waals surface area (Å²) in [6, 6.07) is 19.2. The van der Waals surface area contributed by atoms with Gasteiger partial charge in [0.2, 0.25) is 0 Å². The Labute approximate surface area is 255 Å². The van der Waals surface area contributed by atoms with Crippen LogP contribution >= 0.6 is 0 Å². The second-order valence-electron chi connectivity index (χ2n) is 15.7. The number of rotatable bonds is 5. The molecule has 2 aromatic carbocycles. The van der Waals surface area contributed by atoms with Gasteiger partial charge < -0.3 is 9.80 Å². The Morgan fingerprint density at radius 3 is 1.29 bits per heavy atom. The smallest absolute Gasteiger partial charge is 0.172 e. The maximum absolute atomic E-state index is 5.64. The van der Waals surface area contributed by atoms with Crippen LogP contribution in [0.1, 0.15) is 117 Å². The van der Waals surface area contributed by atoms with Gasteiger partial charge in [-0.15, -0.1) is 0 Å². The third-order valence-corrected chi connectivity index (χ3v) is 10.5. The summed E-state index contributed by atoms with van der Waals surface area (Å²) >= 11 is 0. The molecule has 2 heterocycles. The minimum absolute atomic E-state index is 0.103. The first kappa shape index (κ1) is 29.5. The first-order valence-corrected chi connectivity index (χ1v) is 17.0.